The molecule has 56 heavy (non-hydrogen) atoms. The van der Waals surface area contributed by atoms with Crippen molar-refractivity contribution >= 4 is 65.0 Å². The first-order valence-electron chi connectivity index (χ1n) is 18.8. The molecule has 0 saturated carbocycles. The molecule has 0 aliphatic carbocycles. The second-order valence-electron chi connectivity index (χ2n) is 14.0. The minimum atomic E-state index is 0.409. The van der Waals surface area contributed by atoms with E-state index >= 15 is 0 Å². The number of amidine groups is 2. The van der Waals surface area contributed by atoms with Crippen LogP contribution in [-0.4, -0.2) is 16.2 Å². The number of hydrogen-bond donors (Lipinski definition) is 1. The summed E-state index contributed by atoms with van der Waals surface area (Å²) in [5.74, 6) is 1.00. The van der Waals surface area contributed by atoms with Crippen LogP contribution in [-0.2, 0) is 6.54 Å². The lowest BCUT2D eigenvalue weighted by molar-refractivity contribution is 1.06. The molecule has 8 aromatic carbocycles. The van der Waals surface area contributed by atoms with Crippen molar-refractivity contribution in [3.63, 3.8) is 0 Å². The summed E-state index contributed by atoms with van der Waals surface area (Å²) >= 11 is 1.86. The number of para-hydroxylation sites is 1. The first kappa shape index (κ1) is 33.5. The highest BCUT2D eigenvalue weighted by molar-refractivity contribution is 7.26. The number of rotatable bonds is 7. The van der Waals surface area contributed by atoms with E-state index in [0.29, 0.717) is 18.2 Å². The van der Waals surface area contributed by atoms with Gasteiger partial charge in [-0.3, -0.25) is 4.99 Å². The Morgan fingerprint density at radius 2 is 1.14 bits per heavy atom. The van der Waals surface area contributed by atoms with Gasteiger partial charge in [0.2, 0.25) is 0 Å². The lowest BCUT2D eigenvalue weighted by Gasteiger charge is -2.12. The van der Waals surface area contributed by atoms with Crippen LogP contribution in [0.2, 0.25) is 0 Å². The van der Waals surface area contributed by atoms with Crippen molar-refractivity contribution in [2.24, 2.45) is 15.7 Å². The monoisotopic (exact) mass is 736 g/mol. The average molecular weight is 737 g/mol. The predicted octanol–water partition coefficient (Wildman–Crippen LogP) is 12.8. The van der Waals surface area contributed by atoms with Crippen LogP contribution in [0.5, 0.6) is 0 Å². The van der Waals surface area contributed by atoms with Gasteiger partial charge in [-0.15, -0.1) is 11.3 Å². The standard InChI is InChI=1S/C51H36N4S/c52-50(54-51(37-15-5-2-6-16-37)53-33-34-25-27-36(28-26-34)35-13-3-1-4-14-35)39-17-11-18-40(31-39)55-46-23-9-7-19-42(46)43-30-29-38(32-47(43)55)41-21-12-22-45-44-20-8-10-24-48(44)56-49(41)45/h1-32H,33H2,(H2,52,53,54). The van der Waals surface area contributed by atoms with Crippen molar-refractivity contribution in [1.29, 1.82) is 0 Å². The number of aliphatic imine (C=N–C) groups is 2. The maximum atomic E-state index is 6.88. The minimum absolute atomic E-state index is 0.409. The molecule has 10 aromatic rings. The van der Waals surface area contributed by atoms with E-state index in [2.05, 4.69) is 156 Å². The summed E-state index contributed by atoms with van der Waals surface area (Å²) in [5.41, 5.74) is 17.8. The summed E-state index contributed by atoms with van der Waals surface area (Å²) < 4.78 is 4.96. The second-order valence-corrected chi connectivity index (χ2v) is 15.0. The quantitative estimate of drug-likeness (QED) is 0.129. The molecule has 0 aliphatic rings. The molecule has 5 heteroatoms. The van der Waals surface area contributed by atoms with Crippen LogP contribution < -0.4 is 5.73 Å². The Morgan fingerprint density at radius 3 is 1.98 bits per heavy atom. The van der Waals surface area contributed by atoms with Crippen molar-refractivity contribution in [2.75, 3.05) is 0 Å². The van der Waals surface area contributed by atoms with E-state index in [0.717, 1.165) is 33.4 Å². The van der Waals surface area contributed by atoms with E-state index in [1.807, 2.05) is 53.8 Å². The molecule has 0 saturated heterocycles. The minimum Gasteiger partial charge on any atom is -0.383 e. The Morgan fingerprint density at radius 1 is 0.500 bits per heavy atom. The molecule has 0 atom stereocenters. The normalized spacial score (nSPS) is 12.3. The Hall–Kier alpha value is -7.08. The molecule has 10 rings (SSSR count). The summed E-state index contributed by atoms with van der Waals surface area (Å²) in [6.45, 7) is 0.481. The topological polar surface area (TPSA) is 55.7 Å². The van der Waals surface area contributed by atoms with E-state index < -0.39 is 0 Å². The first-order chi connectivity index (χ1) is 27.7. The second kappa shape index (κ2) is 14.3. The molecular formula is C51H36N4S. The Labute approximate surface area is 329 Å². The van der Waals surface area contributed by atoms with Gasteiger partial charge in [-0.1, -0.05) is 164 Å². The van der Waals surface area contributed by atoms with E-state index in [4.69, 9.17) is 15.7 Å². The van der Waals surface area contributed by atoms with Crippen LogP contribution in [0.25, 0.3) is 69.9 Å². The number of benzene rings is 8. The van der Waals surface area contributed by atoms with Crippen LogP contribution in [0.4, 0.5) is 0 Å². The molecule has 266 valence electrons. The van der Waals surface area contributed by atoms with Crippen molar-refractivity contribution in [3.05, 3.63) is 211 Å². The highest BCUT2D eigenvalue weighted by Gasteiger charge is 2.16. The number of aromatic nitrogens is 1. The Kier molecular flexibility index (Phi) is 8.55. The average Bonchev–Trinajstić information content (AvgIpc) is 3.81. The molecule has 0 fully saturated rings. The zero-order valence-electron chi connectivity index (χ0n) is 30.5. The molecule has 0 spiro atoms. The highest BCUT2D eigenvalue weighted by atomic mass is 32.1. The van der Waals surface area contributed by atoms with Crippen molar-refractivity contribution in [3.8, 4) is 27.9 Å². The third-order valence-corrected chi connectivity index (χ3v) is 11.7. The number of fused-ring (bicyclic) bond motifs is 6. The van der Waals surface area contributed by atoms with Gasteiger partial charge >= 0.3 is 0 Å². The molecule has 2 aromatic heterocycles. The van der Waals surface area contributed by atoms with Gasteiger partial charge in [-0.25, -0.2) is 4.99 Å². The number of nitrogens with zero attached hydrogens (tertiary/aromatic N) is 3. The fourth-order valence-electron chi connectivity index (χ4n) is 7.75. The summed E-state index contributed by atoms with van der Waals surface area (Å²) in [6, 6.07) is 68.2. The fraction of sp³-hybridized carbons (Fsp3) is 0.0196. The SMILES string of the molecule is N/C(=N\C(=N/Cc1ccc(-c2ccccc2)cc1)c1ccccc1)c1cccc(-n2c3ccccc3c3ccc(-c4cccc5c4sc4ccccc45)cc32)c1. The van der Waals surface area contributed by atoms with Crippen LogP contribution in [0.3, 0.4) is 0 Å². The van der Waals surface area contributed by atoms with Crippen LogP contribution in [0.15, 0.2) is 204 Å². The van der Waals surface area contributed by atoms with Crippen LogP contribution in [0, 0.1) is 0 Å². The number of thiophene rings is 1. The molecule has 2 N–H and O–H groups in total. The summed E-state index contributed by atoms with van der Waals surface area (Å²) in [4.78, 5) is 9.99. The molecule has 0 bridgehead atoms. The summed E-state index contributed by atoms with van der Waals surface area (Å²) in [6.07, 6.45) is 0. The molecule has 2 heterocycles. The van der Waals surface area contributed by atoms with E-state index in [1.165, 1.54) is 53.2 Å². The Balaban J connectivity index is 1.04. The third-order valence-electron chi connectivity index (χ3n) is 10.5. The van der Waals surface area contributed by atoms with Crippen molar-refractivity contribution < 1.29 is 0 Å². The van der Waals surface area contributed by atoms with Gasteiger partial charge in [0.1, 0.15) is 5.84 Å². The molecular weight excluding hydrogens is 701 g/mol. The maximum absolute atomic E-state index is 6.88. The van der Waals surface area contributed by atoms with Gasteiger partial charge in [0.15, 0.2) is 5.84 Å². The predicted molar refractivity (Wildman–Crippen MR) is 238 cm³/mol. The van der Waals surface area contributed by atoms with Gasteiger partial charge in [0.25, 0.3) is 0 Å². The fourth-order valence-corrected chi connectivity index (χ4v) is 8.99. The van der Waals surface area contributed by atoms with Gasteiger partial charge in [0.05, 0.1) is 17.6 Å². The van der Waals surface area contributed by atoms with Gasteiger partial charge < -0.3 is 10.3 Å². The largest absolute Gasteiger partial charge is 0.383 e. The lowest BCUT2D eigenvalue weighted by Crippen LogP contribution is -2.17. The third kappa shape index (κ3) is 6.14. The Bertz CT molecular complexity index is 3100. The summed E-state index contributed by atoms with van der Waals surface area (Å²) in [7, 11) is 0. The molecule has 0 unspecified atom stereocenters. The lowest BCUT2D eigenvalue weighted by atomic mass is 10.0. The summed E-state index contributed by atoms with van der Waals surface area (Å²) in [5, 5.41) is 5.01. The zero-order valence-corrected chi connectivity index (χ0v) is 31.3. The number of nitrogens with two attached hydrogens (primary N) is 1. The molecule has 0 aliphatic heterocycles. The first-order valence-corrected chi connectivity index (χ1v) is 19.6. The molecule has 0 amide bonds. The van der Waals surface area contributed by atoms with Crippen molar-refractivity contribution in [1.82, 2.24) is 4.57 Å². The zero-order chi connectivity index (χ0) is 37.4. The van der Waals surface area contributed by atoms with Gasteiger partial charge in [-0.2, -0.15) is 0 Å². The maximum Gasteiger partial charge on any atom is 0.157 e. The molecule has 0 radical (unpaired) electrons. The van der Waals surface area contributed by atoms with Crippen molar-refractivity contribution in [2.45, 2.75) is 6.54 Å². The highest BCUT2D eigenvalue weighted by Crippen LogP contribution is 2.41. The van der Waals surface area contributed by atoms with Crippen LogP contribution in [0.1, 0.15) is 16.7 Å². The van der Waals surface area contributed by atoms with E-state index in [-0.39, 0.29) is 0 Å². The van der Waals surface area contributed by atoms with Crippen LogP contribution >= 0.6 is 11.3 Å². The molecule has 4 nitrogen and oxygen atoms in total. The van der Waals surface area contributed by atoms with Gasteiger partial charge in [0, 0.05) is 47.8 Å². The van der Waals surface area contributed by atoms with E-state index in [1.54, 1.807) is 0 Å². The number of hydrogen-bond acceptors (Lipinski definition) is 2. The van der Waals surface area contributed by atoms with Gasteiger partial charge in [-0.05, 0) is 58.1 Å². The smallest absolute Gasteiger partial charge is 0.157 e. The van der Waals surface area contributed by atoms with E-state index in [9.17, 15) is 0 Å².